The maximum absolute atomic E-state index is 6.10. The minimum atomic E-state index is 0.101. The third kappa shape index (κ3) is 3.48. The monoisotopic (exact) mass is 398 g/mol. The molecule has 3 rings (SSSR count). The first-order valence-corrected chi connectivity index (χ1v) is 9.18. The van der Waals surface area contributed by atoms with Gasteiger partial charge < -0.3 is 5.32 Å². The van der Waals surface area contributed by atoms with E-state index in [1.807, 2.05) is 25.1 Å². The fourth-order valence-electron chi connectivity index (χ4n) is 2.06. The van der Waals surface area contributed by atoms with Gasteiger partial charge in [-0.05, 0) is 58.6 Å². The molecule has 21 heavy (non-hydrogen) atoms. The van der Waals surface area contributed by atoms with Crippen LogP contribution >= 0.6 is 50.2 Å². The van der Waals surface area contributed by atoms with Crippen LogP contribution in [0.3, 0.4) is 0 Å². The van der Waals surface area contributed by atoms with E-state index in [4.69, 9.17) is 11.6 Å². The number of thiophene rings is 2. The van der Waals surface area contributed by atoms with Crippen LogP contribution in [0.25, 0.3) is 0 Å². The maximum atomic E-state index is 6.10. The minimum absolute atomic E-state index is 0.101. The summed E-state index contributed by atoms with van der Waals surface area (Å²) < 4.78 is 1.65. The van der Waals surface area contributed by atoms with Crippen LogP contribution in [0.2, 0.25) is 4.34 Å². The van der Waals surface area contributed by atoms with Crippen molar-refractivity contribution in [3.05, 3.63) is 66.2 Å². The van der Waals surface area contributed by atoms with Crippen LogP contribution in [-0.4, -0.2) is 4.98 Å². The summed E-state index contributed by atoms with van der Waals surface area (Å²) in [5, 5.41) is 5.67. The van der Waals surface area contributed by atoms with Crippen LogP contribution in [0, 0.1) is 6.92 Å². The summed E-state index contributed by atoms with van der Waals surface area (Å²) in [7, 11) is 0. The molecule has 1 N–H and O–H groups in total. The Morgan fingerprint density at radius 3 is 2.67 bits per heavy atom. The van der Waals surface area contributed by atoms with Gasteiger partial charge in [0.05, 0.1) is 21.8 Å². The van der Waals surface area contributed by atoms with Gasteiger partial charge in [0.1, 0.15) is 4.60 Å². The Hall–Kier alpha value is -0.880. The van der Waals surface area contributed by atoms with E-state index in [1.165, 1.54) is 9.75 Å². The molecule has 0 aliphatic heterocycles. The molecule has 1 atom stereocenters. The number of aryl methyl sites for hydroxylation is 1. The van der Waals surface area contributed by atoms with Gasteiger partial charge in [0.15, 0.2) is 0 Å². The predicted octanol–water partition coefficient (Wildman–Crippen LogP) is 6.13. The summed E-state index contributed by atoms with van der Waals surface area (Å²) in [6, 6.07) is 12.3. The molecule has 3 aromatic rings. The van der Waals surface area contributed by atoms with E-state index >= 15 is 0 Å². The highest BCUT2D eigenvalue weighted by molar-refractivity contribution is 9.10. The molecule has 6 heteroatoms. The fraction of sp³-hybridized carbons (Fsp3) is 0.133. The quantitative estimate of drug-likeness (QED) is 0.534. The molecule has 0 bridgehead atoms. The third-order valence-corrected chi connectivity index (χ3v) is 5.73. The van der Waals surface area contributed by atoms with Gasteiger partial charge in [-0.15, -0.1) is 22.7 Å². The molecule has 3 heterocycles. The Labute approximate surface area is 144 Å². The van der Waals surface area contributed by atoms with Crippen molar-refractivity contribution >= 4 is 55.9 Å². The van der Waals surface area contributed by atoms with E-state index in [0.29, 0.717) is 0 Å². The Morgan fingerprint density at radius 2 is 2.05 bits per heavy atom. The second-order valence-electron chi connectivity index (χ2n) is 4.50. The number of pyridine rings is 1. The van der Waals surface area contributed by atoms with E-state index < -0.39 is 0 Å². The lowest BCUT2D eigenvalue weighted by Gasteiger charge is -2.18. The summed E-state index contributed by atoms with van der Waals surface area (Å²) in [6.07, 6.45) is 0. The Kier molecular flexibility index (Phi) is 4.64. The lowest BCUT2D eigenvalue weighted by molar-refractivity contribution is 0.978. The summed E-state index contributed by atoms with van der Waals surface area (Å²) in [5.41, 5.74) is 2.00. The van der Waals surface area contributed by atoms with Gasteiger partial charge in [0.2, 0.25) is 0 Å². The summed E-state index contributed by atoms with van der Waals surface area (Å²) >= 11 is 12.8. The molecule has 0 spiro atoms. The lowest BCUT2D eigenvalue weighted by atomic mass is 10.2. The highest BCUT2D eigenvalue weighted by Crippen LogP contribution is 2.36. The predicted molar refractivity (Wildman–Crippen MR) is 95.8 cm³/mol. The van der Waals surface area contributed by atoms with Crippen LogP contribution < -0.4 is 5.32 Å². The van der Waals surface area contributed by atoms with E-state index in [0.717, 1.165) is 20.3 Å². The minimum Gasteiger partial charge on any atom is -0.371 e. The summed E-state index contributed by atoms with van der Waals surface area (Å²) in [6.45, 7) is 2.00. The standard InChI is InChI=1S/C15H12BrClN2S2/c1-9-10(4-6-13(16)18-9)19-15(11-3-2-8-20-11)12-5-7-14(17)21-12/h2-8,15,19H,1H3. The molecule has 1 unspecified atom stereocenters. The van der Waals surface area contributed by atoms with Crippen molar-refractivity contribution in [2.75, 3.05) is 5.32 Å². The zero-order valence-electron chi connectivity index (χ0n) is 11.1. The van der Waals surface area contributed by atoms with Crippen molar-refractivity contribution in [3.63, 3.8) is 0 Å². The van der Waals surface area contributed by atoms with Gasteiger partial charge in [-0.25, -0.2) is 4.98 Å². The molecule has 0 radical (unpaired) electrons. The Balaban J connectivity index is 1.96. The normalized spacial score (nSPS) is 12.3. The van der Waals surface area contributed by atoms with Crippen LogP contribution in [0.5, 0.6) is 0 Å². The molecule has 2 nitrogen and oxygen atoms in total. The average Bonchev–Trinajstić information content (AvgIpc) is 3.09. The molecular weight excluding hydrogens is 388 g/mol. The molecule has 3 aromatic heterocycles. The highest BCUT2D eigenvalue weighted by Gasteiger charge is 2.18. The van der Waals surface area contributed by atoms with Gasteiger partial charge >= 0.3 is 0 Å². The number of halogens is 2. The second kappa shape index (κ2) is 6.48. The molecule has 0 aliphatic carbocycles. The van der Waals surface area contributed by atoms with Gasteiger partial charge in [-0.3, -0.25) is 0 Å². The van der Waals surface area contributed by atoms with Crippen molar-refractivity contribution in [1.82, 2.24) is 4.98 Å². The summed E-state index contributed by atoms with van der Waals surface area (Å²) in [4.78, 5) is 6.90. The first-order chi connectivity index (χ1) is 10.1. The van der Waals surface area contributed by atoms with Crippen LogP contribution in [0.1, 0.15) is 21.5 Å². The van der Waals surface area contributed by atoms with Crippen LogP contribution in [0.4, 0.5) is 5.69 Å². The first kappa shape index (κ1) is 15.0. The topological polar surface area (TPSA) is 24.9 Å². The lowest BCUT2D eigenvalue weighted by Crippen LogP contribution is -2.11. The molecule has 0 amide bonds. The van der Waals surface area contributed by atoms with Crippen molar-refractivity contribution in [3.8, 4) is 0 Å². The number of aromatic nitrogens is 1. The largest absolute Gasteiger partial charge is 0.371 e. The van der Waals surface area contributed by atoms with Gasteiger partial charge in [0, 0.05) is 9.75 Å². The smallest absolute Gasteiger partial charge is 0.106 e. The number of hydrogen-bond acceptors (Lipinski definition) is 4. The molecule has 0 aliphatic rings. The average molecular weight is 400 g/mol. The van der Waals surface area contributed by atoms with Gasteiger partial charge in [0.25, 0.3) is 0 Å². The first-order valence-electron chi connectivity index (χ1n) is 6.32. The number of hydrogen-bond donors (Lipinski definition) is 1. The molecule has 0 saturated carbocycles. The zero-order valence-corrected chi connectivity index (χ0v) is 15.1. The second-order valence-corrected chi connectivity index (χ2v) is 8.04. The van der Waals surface area contributed by atoms with E-state index in [2.05, 4.69) is 49.8 Å². The van der Waals surface area contributed by atoms with E-state index in [1.54, 1.807) is 22.7 Å². The van der Waals surface area contributed by atoms with Crippen molar-refractivity contribution in [2.24, 2.45) is 0 Å². The SMILES string of the molecule is Cc1nc(Br)ccc1NC(c1cccs1)c1ccc(Cl)s1. The van der Waals surface area contributed by atoms with Gasteiger partial charge in [-0.2, -0.15) is 0 Å². The molecular formula is C15H12BrClN2S2. The zero-order chi connectivity index (χ0) is 14.8. The number of nitrogens with zero attached hydrogens (tertiary/aromatic N) is 1. The van der Waals surface area contributed by atoms with Crippen molar-refractivity contribution in [2.45, 2.75) is 13.0 Å². The molecule has 108 valence electrons. The Bertz CT molecular complexity index is 740. The van der Waals surface area contributed by atoms with Crippen LogP contribution in [0.15, 0.2) is 46.4 Å². The van der Waals surface area contributed by atoms with E-state index in [-0.39, 0.29) is 6.04 Å². The highest BCUT2D eigenvalue weighted by atomic mass is 79.9. The third-order valence-electron chi connectivity index (χ3n) is 3.06. The van der Waals surface area contributed by atoms with E-state index in [9.17, 15) is 0 Å². The van der Waals surface area contributed by atoms with Gasteiger partial charge in [-0.1, -0.05) is 17.7 Å². The molecule has 0 saturated heterocycles. The van der Waals surface area contributed by atoms with Crippen molar-refractivity contribution in [1.29, 1.82) is 0 Å². The summed E-state index contributed by atoms with van der Waals surface area (Å²) in [5.74, 6) is 0. The fourth-order valence-corrected chi connectivity index (χ4v) is 4.46. The number of rotatable bonds is 4. The number of anilines is 1. The van der Waals surface area contributed by atoms with Crippen LogP contribution in [-0.2, 0) is 0 Å². The van der Waals surface area contributed by atoms with Crippen molar-refractivity contribution < 1.29 is 0 Å². The Morgan fingerprint density at radius 1 is 1.19 bits per heavy atom. The molecule has 0 aromatic carbocycles. The number of nitrogens with one attached hydrogen (secondary N) is 1. The molecule has 0 fully saturated rings. The maximum Gasteiger partial charge on any atom is 0.106 e.